The van der Waals surface area contributed by atoms with Crippen LogP contribution in [0, 0.1) is 27.4 Å². The molecule has 0 bridgehead atoms. The zero-order valence-electron chi connectivity index (χ0n) is 19.3. The summed E-state index contributed by atoms with van der Waals surface area (Å²) in [6.07, 6.45) is 2.38. The number of imide groups is 1. The second kappa shape index (κ2) is 8.95. The van der Waals surface area contributed by atoms with Crippen LogP contribution in [0.1, 0.15) is 40.5 Å². The summed E-state index contributed by atoms with van der Waals surface area (Å²) in [6.45, 7) is 0. The third-order valence-corrected chi connectivity index (χ3v) is 8.62. The molecule has 2 aromatic carbocycles. The number of amides is 2. The van der Waals surface area contributed by atoms with Crippen molar-refractivity contribution < 1.29 is 19.3 Å². The summed E-state index contributed by atoms with van der Waals surface area (Å²) in [5.74, 6) is -1.99. The van der Waals surface area contributed by atoms with Crippen molar-refractivity contribution in [2.45, 2.75) is 37.8 Å². The first-order chi connectivity index (χ1) is 17.9. The van der Waals surface area contributed by atoms with Crippen LogP contribution < -0.4 is 9.96 Å². The first-order valence-corrected chi connectivity index (χ1v) is 13.0. The van der Waals surface area contributed by atoms with Crippen molar-refractivity contribution in [2.75, 3.05) is 9.96 Å². The molecule has 2 aliphatic heterocycles. The molecular formula is C26H19ClN4O5S. The van der Waals surface area contributed by atoms with Gasteiger partial charge in [-0.2, -0.15) is 5.26 Å². The summed E-state index contributed by atoms with van der Waals surface area (Å²) in [4.78, 5) is 46.9. The number of benzene rings is 2. The molecule has 3 heterocycles. The highest BCUT2D eigenvalue weighted by Crippen LogP contribution is 2.50. The van der Waals surface area contributed by atoms with E-state index >= 15 is 0 Å². The SMILES string of the molecule is N#Cc1c(N2C(=O)[C@H]3[C@@H](c4cccc([N+](=O)[O-])c4)N(c4ccc(Cl)cc4)O[C@H]3C2=O)sc2c1CCCC2. The fourth-order valence-electron chi connectivity index (χ4n) is 5.41. The molecule has 0 saturated carbocycles. The Morgan fingerprint density at radius 3 is 2.59 bits per heavy atom. The third kappa shape index (κ3) is 3.70. The van der Waals surface area contributed by atoms with E-state index in [1.165, 1.54) is 28.5 Å². The van der Waals surface area contributed by atoms with Crippen LogP contribution >= 0.6 is 22.9 Å². The Kier molecular flexibility index (Phi) is 5.71. The highest BCUT2D eigenvalue weighted by atomic mass is 35.5. The monoisotopic (exact) mass is 534 g/mol. The highest BCUT2D eigenvalue weighted by molar-refractivity contribution is 7.17. The van der Waals surface area contributed by atoms with Crippen molar-refractivity contribution >= 4 is 51.1 Å². The maximum atomic E-state index is 14.0. The van der Waals surface area contributed by atoms with E-state index in [2.05, 4.69) is 6.07 Å². The fraction of sp³-hybridized carbons (Fsp3) is 0.269. The number of thiophene rings is 1. The zero-order valence-corrected chi connectivity index (χ0v) is 20.9. The molecule has 1 aromatic heterocycles. The van der Waals surface area contributed by atoms with E-state index in [-0.39, 0.29) is 5.69 Å². The molecule has 2 fully saturated rings. The standard InChI is InChI=1S/C26H19ClN4O5S/c27-15-8-10-16(11-9-15)30-22(14-4-3-5-17(12-14)31(34)35)21-23(36-30)25(33)29(24(21)32)26-19(13-28)18-6-1-2-7-20(18)37-26/h3-5,8-12,21-23H,1-2,6-7H2/t21-,22+,23+/m0/s1. The van der Waals surface area contributed by atoms with E-state index < -0.39 is 34.8 Å². The van der Waals surface area contributed by atoms with Gasteiger partial charge in [-0.3, -0.25) is 24.5 Å². The molecule has 0 radical (unpaired) electrons. The van der Waals surface area contributed by atoms with Crippen LogP contribution in [-0.2, 0) is 27.3 Å². The van der Waals surface area contributed by atoms with Gasteiger partial charge in [-0.15, -0.1) is 11.3 Å². The van der Waals surface area contributed by atoms with E-state index in [0.29, 0.717) is 26.8 Å². The second-order valence-corrected chi connectivity index (χ2v) is 10.7. The number of nitro groups is 1. The Hall–Kier alpha value is -3.78. The van der Waals surface area contributed by atoms with Gasteiger partial charge in [-0.1, -0.05) is 23.7 Å². The smallest absolute Gasteiger partial charge is 0.269 e. The number of hydrogen-bond donors (Lipinski definition) is 0. The first-order valence-electron chi connectivity index (χ1n) is 11.8. The second-order valence-electron chi connectivity index (χ2n) is 9.17. The van der Waals surface area contributed by atoms with Crippen LogP contribution in [0.2, 0.25) is 5.02 Å². The normalized spacial score (nSPS) is 22.6. The molecule has 37 heavy (non-hydrogen) atoms. The summed E-state index contributed by atoms with van der Waals surface area (Å²) in [5, 5.41) is 23.7. The van der Waals surface area contributed by atoms with Gasteiger partial charge >= 0.3 is 0 Å². The predicted molar refractivity (Wildman–Crippen MR) is 136 cm³/mol. The third-order valence-electron chi connectivity index (χ3n) is 7.09. The van der Waals surface area contributed by atoms with Crippen LogP contribution in [0.15, 0.2) is 48.5 Å². The number of halogens is 1. The summed E-state index contributed by atoms with van der Waals surface area (Å²) >= 11 is 7.37. The van der Waals surface area contributed by atoms with Crippen molar-refractivity contribution in [1.82, 2.24) is 0 Å². The summed E-state index contributed by atoms with van der Waals surface area (Å²) in [6, 6.07) is 14.1. The molecule has 2 saturated heterocycles. The van der Waals surface area contributed by atoms with Crippen LogP contribution in [0.25, 0.3) is 0 Å². The number of hydroxylamine groups is 1. The number of nitriles is 1. The number of rotatable bonds is 4. The minimum Gasteiger partial charge on any atom is -0.273 e. The Balaban J connectivity index is 1.45. The van der Waals surface area contributed by atoms with Gasteiger partial charge in [0.25, 0.3) is 11.6 Å². The van der Waals surface area contributed by atoms with Crippen molar-refractivity contribution in [3.63, 3.8) is 0 Å². The summed E-state index contributed by atoms with van der Waals surface area (Å²) in [5.41, 5.74) is 2.17. The molecule has 6 rings (SSSR count). The number of fused-ring (bicyclic) bond motifs is 2. The molecule has 3 aliphatic rings. The number of nitro benzene ring substituents is 1. The van der Waals surface area contributed by atoms with Crippen molar-refractivity contribution in [2.24, 2.45) is 5.92 Å². The molecule has 2 amide bonds. The lowest BCUT2D eigenvalue weighted by Crippen LogP contribution is -2.37. The number of nitrogens with zero attached hydrogens (tertiary/aromatic N) is 4. The molecule has 0 N–H and O–H groups in total. The van der Waals surface area contributed by atoms with Gasteiger partial charge in [0.2, 0.25) is 5.91 Å². The van der Waals surface area contributed by atoms with Crippen LogP contribution in [0.4, 0.5) is 16.4 Å². The van der Waals surface area contributed by atoms with Gasteiger partial charge in [0, 0.05) is 22.0 Å². The van der Waals surface area contributed by atoms with Gasteiger partial charge in [0.05, 0.1) is 22.2 Å². The summed E-state index contributed by atoms with van der Waals surface area (Å²) in [7, 11) is 0. The molecular weight excluding hydrogens is 516 g/mol. The number of hydrogen-bond acceptors (Lipinski definition) is 8. The highest BCUT2D eigenvalue weighted by Gasteiger charge is 2.61. The van der Waals surface area contributed by atoms with Gasteiger partial charge in [0.15, 0.2) is 6.10 Å². The number of non-ortho nitro benzene ring substituents is 1. The van der Waals surface area contributed by atoms with Crippen molar-refractivity contribution in [3.05, 3.63) is 85.2 Å². The first kappa shape index (κ1) is 23.6. The quantitative estimate of drug-likeness (QED) is 0.259. The average molecular weight is 535 g/mol. The van der Waals surface area contributed by atoms with Gasteiger partial charge in [-0.05, 0) is 61.1 Å². The lowest BCUT2D eigenvalue weighted by molar-refractivity contribution is -0.384. The lowest BCUT2D eigenvalue weighted by Gasteiger charge is -2.28. The molecule has 186 valence electrons. The van der Waals surface area contributed by atoms with E-state index in [1.807, 2.05) is 0 Å². The van der Waals surface area contributed by atoms with Crippen LogP contribution in [0.5, 0.6) is 0 Å². The number of anilines is 2. The maximum Gasteiger partial charge on any atom is 0.269 e. The van der Waals surface area contributed by atoms with Crippen LogP contribution in [-0.4, -0.2) is 22.8 Å². The Labute approximate surface area is 220 Å². The van der Waals surface area contributed by atoms with E-state index in [4.69, 9.17) is 16.4 Å². The zero-order chi connectivity index (χ0) is 25.8. The number of aryl methyl sites for hydroxylation is 1. The maximum absolute atomic E-state index is 14.0. The average Bonchev–Trinajstić information content (AvgIpc) is 3.54. The van der Waals surface area contributed by atoms with E-state index in [0.717, 1.165) is 41.0 Å². The van der Waals surface area contributed by atoms with Gasteiger partial charge in [0.1, 0.15) is 17.0 Å². The lowest BCUT2D eigenvalue weighted by atomic mass is 9.90. The van der Waals surface area contributed by atoms with E-state index in [1.54, 1.807) is 36.4 Å². The molecule has 3 aromatic rings. The Bertz CT molecular complexity index is 1500. The topological polar surface area (TPSA) is 117 Å². The van der Waals surface area contributed by atoms with Crippen molar-refractivity contribution in [3.8, 4) is 6.07 Å². The number of carbonyl (C=O) groups excluding carboxylic acids is 2. The van der Waals surface area contributed by atoms with Gasteiger partial charge in [-0.25, -0.2) is 9.96 Å². The predicted octanol–water partition coefficient (Wildman–Crippen LogP) is 5.11. The summed E-state index contributed by atoms with van der Waals surface area (Å²) < 4.78 is 0. The molecule has 9 nitrogen and oxygen atoms in total. The van der Waals surface area contributed by atoms with E-state index in [9.17, 15) is 25.0 Å². The largest absolute Gasteiger partial charge is 0.273 e. The number of carbonyl (C=O) groups is 2. The molecule has 3 atom stereocenters. The van der Waals surface area contributed by atoms with Crippen molar-refractivity contribution in [1.29, 1.82) is 5.26 Å². The minimum absolute atomic E-state index is 0.136. The Morgan fingerprint density at radius 2 is 1.86 bits per heavy atom. The molecule has 0 unspecified atom stereocenters. The molecule has 11 heteroatoms. The minimum atomic E-state index is -1.14. The molecule has 1 aliphatic carbocycles. The Morgan fingerprint density at radius 1 is 1.11 bits per heavy atom. The van der Waals surface area contributed by atoms with Gasteiger partial charge < -0.3 is 0 Å². The fourth-order valence-corrected chi connectivity index (χ4v) is 6.89. The molecule has 0 spiro atoms. The van der Waals surface area contributed by atoms with Crippen LogP contribution in [0.3, 0.4) is 0 Å².